The molecule has 0 radical (unpaired) electrons. The van der Waals surface area contributed by atoms with E-state index in [1.54, 1.807) is 0 Å². The van der Waals surface area contributed by atoms with Gasteiger partial charge < -0.3 is 9.55 Å². The van der Waals surface area contributed by atoms with Gasteiger partial charge in [-0.25, -0.2) is 9.97 Å². The molecule has 0 atom stereocenters. The standard InChI is InChI=1S/C58H41N5.Pt/c1-37-33-42(58(2,3)41-19-9-5-10-20-41)36-49-46-30-29-40(34-52(46)63(56(37)49)53-35-39(31-32-59-53)38-17-7-4-8-18-38)44-24-16-28-51-55(44)61-57(62(51)43-21-11-6-12-22-43)48-26-15-25-47-45-23-13-14-27-50(45)60-54(47)48;/h4-33,35-36H,1-3H3;/q-2;+2. The molecule has 64 heavy (non-hydrogen) atoms. The molecule has 0 amide bonds. The quantitative estimate of drug-likeness (QED) is 0.150. The molecule has 12 aromatic rings. The molecule has 0 saturated heterocycles. The number of rotatable bonds is 7. The van der Waals surface area contributed by atoms with E-state index in [9.17, 15) is 0 Å². The molecule has 5 nitrogen and oxygen atoms in total. The molecule has 0 aliphatic rings. The van der Waals surface area contributed by atoms with Crippen LogP contribution >= 0.6 is 0 Å². The third-order valence-corrected chi connectivity index (χ3v) is 13.0. The van der Waals surface area contributed by atoms with Gasteiger partial charge in [0.15, 0.2) is 0 Å². The molecule has 0 unspecified atom stereocenters. The molecule has 308 valence electrons. The van der Waals surface area contributed by atoms with Crippen molar-refractivity contribution in [3.05, 3.63) is 217 Å². The van der Waals surface area contributed by atoms with Crippen LogP contribution in [0.4, 0.5) is 0 Å². The number of nitrogens with zero attached hydrogens (tertiary/aromatic N) is 5. The Morgan fingerprint density at radius 1 is 0.562 bits per heavy atom. The predicted molar refractivity (Wildman–Crippen MR) is 260 cm³/mol. The number of aryl methyl sites for hydroxylation is 1. The van der Waals surface area contributed by atoms with Crippen LogP contribution in [0.15, 0.2) is 194 Å². The number of hydrogen-bond donors (Lipinski definition) is 0. The van der Waals surface area contributed by atoms with Gasteiger partial charge in [0.25, 0.3) is 0 Å². The molecule has 6 heteroatoms. The van der Waals surface area contributed by atoms with Gasteiger partial charge in [0.1, 0.15) is 11.6 Å². The molecular formula is C58H41N5Pt. The third-order valence-electron chi connectivity index (χ3n) is 13.0. The van der Waals surface area contributed by atoms with Crippen LogP contribution in [0.25, 0.3) is 99.8 Å². The van der Waals surface area contributed by atoms with Crippen molar-refractivity contribution in [2.24, 2.45) is 0 Å². The van der Waals surface area contributed by atoms with Crippen LogP contribution in [0.2, 0.25) is 0 Å². The Bertz CT molecular complexity index is 3710. The fraction of sp³-hybridized carbons (Fsp3) is 0.0690. The van der Waals surface area contributed by atoms with Gasteiger partial charge >= 0.3 is 21.1 Å². The summed E-state index contributed by atoms with van der Waals surface area (Å²) in [6.45, 7) is 6.86. The monoisotopic (exact) mass is 1000 g/mol. The van der Waals surface area contributed by atoms with Gasteiger partial charge in [0.05, 0.1) is 11.0 Å². The van der Waals surface area contributed by atoms with E-state index in [4.69, 9.17) is 15.0 Å². The van der Waals surface area contributed by atoms with Gasteiger partial charge in [-0.15, -0.1) is 34.8 Å². The van der Waals surface area contributed by atoms with Gasteiger partial charge in [-0.3, -0.25) is 4.57 Å². The average molecular weight is 1000 g/mol. The summed E-state index contributed by atoms with van der Waals surface area (Å²) in [5, 5.41) is 4.57. The first-order valence-corrected chi connectivity index (χ1v) is 21.5. The summed E-state index contributed by atoms with van der Waals surface area (Å²) in [5.74, 6) is 1.69. The first kappa shape index (κ1) is 39.5. The van der Waals surface area contributed by atoms with E-state index in [2.05, 4.69) is 218 Å². The Hall–Kier alpha value is -7.33. The first-order valence-electron chi connectivity index (χ1n) is 21.5. The second-order valence-electron chi connectivity index (χ2n) is 17.0. The normalized spacial score (nSPS) is 11.9. The van der Waals surface area contributed by atoms with Crippen LogP contribution in [0.5, 0.6) is 0 Å². The zero-order chi connectivity index (χ0) is 42.2. The van der Waals surface area contributed by atoms with Crippen molar-refractivity contribution in [3.8, 4) is 45.1 Å². The van der Waals surface area contributed by atoms with Crippen LogP contribution in [-0.4, -0.2) is 19.1 Å². The Morgan fingerprint density at radius 3 is 2.08 bits per heavy atom. The van der Waals surface area contributed by atoms with E-state index in [-0.39, 0.29) is 26.5 Å². The number of pyridine rings is 1. The largest absolute Gasteiger partial charge is 2.00 e. The average Bonchev–Trinajstić information content (AvgIpc) is 4.02. The molecule has 4 aromatic heterocycles. The molecule has 0 saturated carbocycles. The number of hydrogen-bond acceptors (Lipinski definition) is 2. The summed E-state index contributed by atoms with van der Waals surface area (Å²) in [5.41, 5.74) is 15.7. The van der Waals surface area contributed by atoms with E-state index < -0.39 is 0 Å². The summed E-state index contributed by atoms with van der Waals surface area (Å²) >= 11 is 0. The maximum Gasteiger partial charge on any atom is 2.00 e. The summed E-state index contributed by atoms with van der Waals surface area (Å²) < 4.78 is 4.59. The Labute approximate surface area is 386 Å². The predicted octanol–water partition coefficient (Wildman–Crippen LogP) is 14.2. The van der Waals surface area contributed by atoms with Gasteiger partial charge in [0.2, 0.25) is 0 Å². The second-order valence-corrected chi connectivity index (χ2v) is 17.0. The van der Waals surface area contributed by atoms with Crippen molar-refractivity contribution in [3.63, 3.8) is 0 Å². The minimum Gasteiger partial charge on any atom is -0.656 e. The van der Waals surface area contributed by atoms with Crippen LogP contribution in [0.1, 0.15) is 30.5 Å². The fourth-order valence-corrected chi connectivity index (χ4v) is 9.71. The smallest absolute Gasteiger partial charge is 0.656 e. The Morgan fingerprint density at radius 2 is 1.27 bits per heavy atom. The van der Waals surface area contributed by atoms with Crippen molar-refractivity contribution in [1.29, 1.82) is 0 Å². The number of imidazole rings is 1. The molecule has 8 aromatic carbocycles. The van der Waals surface area contributed by atoms with Crippen molar-refractivity contribution in [1.82, 2.24) is 24.1 Å². The van der Waals surface area contributed by atoms with E-state index in [0.29, 0.717) is 0 Å². The second kappa shape index (κ2) is 15.5. The molecule has 0 N–H and O–H groups in total. The molecule has 12 rings (SSSR count). The number of para-hydroxylation sites is 4. The molecule has 0 spiro atoms. The molecule has 0 fully saturated rings. The topological polar surface area (TPSA) is 49.7 Å². The van der Waals surface area contributed by atoms with E-state index >= 15 is 0 Å². The number of fused-ring (bicyclic) bond motifs is 7. The van der Waals surface area contributed by atoms with Crippen LogP contribution in [-0.2, 0) is 26.5 Å². The van der Waals surface area contributed by atoms with Crippen LogP contribution < -0.4 is 4.98 Å². The van der Waals surface area contributed by atoms with Gasteiger partial charge in [-0.2, -0.15) is 0 Å². The SMILES string of the molecule is Cc1cc(C(C)(C)c2ccccc2)cc2c3ccc(-c4cccc5c4nc(-c4cccc6c4[n-]c4ccccc46)n5-c4ccccc4)[c-]c3n(-c3cc(-c4ccccc4)ccn3)c12.[Pt+2]. The Kier molecular flexibility index (Phi) is 9.56. The molecule has 4 heterocycles. The Balaban J connectivity index is 0.00000456. The van der Waals surface area contributed by atoms with Gasteiger partial charge in [0, 0.05) is 28.4 Å². The van der Waals surface area contributed by atoms with E-state index in [1.807, 2.05) is 12.3 Å². The molecule has 0 bridgehead atoms. The first-order chi connectivity index (χ1) is 30.9. The third kappa shape index (κ3) is 6.25. The van der Waals surface area contributed by atoms with Crippen molar-refractivity contribution in [2.75, 3.05) is 0 Å². The van der Waals surface area contributed by atoms with E-state index in [0.717, 1.165) is 94.4 Å². The van der Waals surface area contributed by atoms with Crippen LogP contribution in [0, 0.1) is 13.0 Å². The fourth-order valence-electron chi connectivity index (χ4n) is 9.71. The summed E-state index contributed by atoms with van der Waals surface area (Å²) in [4.78, 5) is 15.8. The van der Waals surface area contributed by atoms with E-state index in [1.165, 1.54) is 22.1 Å². The minimum atomic E-state index is -0.219. The molecule has 0 aliphatic carbocycles. The van der Waals surface area contributed by atoms with Gasteiger partial charge in [-0.1, -0.05) is 170 Å². The minimum absolute atomic E-state index is 0. The number of benzene rings is 8. The molecular weight excluding hydrogens is 962 g/mol. The van der Waals surface area contributed by atoms with Crippen molar-refractivity contribution >= 4 is 54.6 Å². The number of aromatic nitrogens is 5. The van der Waals surface area contributed by atoms with Crippen molar-refractivity contribution in [2.45, 2.75) is 26.2 Å². The van der Waals surface area contributed by atoms with Crippen molar-refractivity contribution < 1.29 is 21.1 Å². The maximum absolute atomic E-state index is 5.57. The summed E-state index contributed by atoms with van der Waals surface area (Å²) in [7, 11) is 0. The zero-order valence-corrected chi connectivity index (χ0v) is 37.8. The summed E-state index contributed by atoms with van der Waals surface area (Å²) in [6.07, 6.45) is 1.92. The zero-order valence-electron chi connectivity index (χ0n) is 35.5. The van der Waals surface area contributed by atoms with Crippen LogP contribution in [0.3, 0.4) is 0 Å². The summed E-state index contributed by atoms with van der Waals surface area (Å²) in [6, 6.07) is 70.6. The maximum atomic E-state index is 5.57. The van der Waals surface area contributed by atoms with Gasteiger partial charge in [-0.05, 0) is 86.7 Å². The molecule has 0 aliphatic heterocycles.